The molecule has 1 heterocycles. The number of hydrogen-bond donors (Lipinski definition) is 1. The molecule has 1 atom stereocenters. The van der Waals surface area contributed by atoms with Gasteiger partial charge in [-0.1, -0.05) is 19.1 Å². The number of nitrogens with zero attached hydrogens (tertiary/aromatic N) is 1. The first-order chi connectivity index (χ1) is 9.37. The highest BCUT2D eigenvalue weighted by molar-refractivity contribution is 9.10. The van der Waals surface area contributed by atoms with Crippen LogP contribution in [-0.2, 0) is 16.1 Å². The standard InChI is InChI=1S/C14H16BrFN2O2/c1-3-14(2)13(20)18(8-11(19)17-14)7-9-5-4-6-10(16)12(9)15/h4-6H,3,7-8H2,1-2H3,(H,17,19). The van der Waals surface area contributed by atoms with E-state index in [2.05, 4.69) is 21.2 Å². The summed E-state index contributed by atoms with van der Waals surface area (Å²) in [5, 5.41) is 2.72. The van der Waals surface area contributed by atoms with Crippen LogP contribution in [0.25, 0.3) is 0 Å². The molecule has 1 aromatic rings. The monoisotopic (exact) mass is 342 g/mol. The summed E-state index contributed by atoms with van der Waals surface area (Å²) in [7, 11) is 0. The SMILES string of the molecule is CCC1(C)NC(=O)CN(Cc2cccc(F)c2Br)C1=O. The summed E-state index contributed by atoms with van der Waals surface area (Å²) < 4.78 is 13.8. The molecule has 1 saturated heterocycles. The number of rotatable bonds is 3. The van der Waals surface area contributed by atoms with Gasteiger partial charge in [-0.15, -0.1) is 0 Å². The Morgan fingerprint density at radius 2 is 2.15 bits per heavy atom. The summed E-state index contributed by atoms with van der Waals surface area (Å²) in [6.45, 7) is 3.76. The first-order valence-corrected chi connectivity index (χ1v) is 7.20. The highest BCUT2D eigenvalue weighted by atomic mass is 79.9. The Labute approximate surface area is 125 Å². The summed E-state index contributed by atoms with van der Waals surface area (Å²) in [6, 6.07) is 4.66. The molecule has 0 aliphatic carbocycles. The van der Waals surface area contributed by atoms with Crippen LogP contribution in [0.2, 0.25) is 0 Å². The van der Waals surface area contributed by atoms with Crippen LogP contribution in [0.1, 0.15) is 25.8 Å². The van der Waals surface area contributed by atoms with Gasteiger partial charge < -0.3 is 10.2 Å². The van der Waals surface area contributed by atoms with Gasteiger partial charge in [-0.25, -0.2) is 4.39 Å². The topological polar surface area (TPSA) is 49.4 Å². The van der Waals surface area contributed by atoms with Gasteiger partial charge in [0.15, 0.2) is 0 Å². The van der Waals surface area contributed by atoms with Crippen molar-refractivity contribution in [1.29, 1.82) is 0 Å². The van der Waals surface area contributed by atoms with Crippen molar-refractivity contribution in [3.8, 4) is 0 Å². The number of carbonyl (C=O) groups excluding carboxylic acids is 2. The smallest absolute Gasteiger partial charge is 0.248 e. The zero-order chi connectivity index (χ0) is 14.9. The first-order valence-electron chi connectivity index (χ1n) is 6.40. The molecule has 6 heteroatoms. The molecule has 1 aliphatic heterocycles. The van der Waals surface area contributed by atoms with E-state index < -0.39 is 5.54 Å². The summed E-state index contributed by atoms with van der Waals surface area (Å²) in [5.74, 6) is -0.716. The number of nitrogens with one attached hydrogen (secondary N) is 1. The molecule has 4 nitrogen and oxygen atoms in total. The van der Waals surface area contributed by atoms with Crippen molar-refractivity contribution in [2.45, 2.75) is 32.4 Å². The quantitative estimate of drug-likeness (QED) is 0.915. The number of piperazine rings is 1. The third-order valence-corrected chi connectivity index (χ3v) is 4.50. The molecule has 1 N–H and O–H groups in total. The first kappa shape index (κ1) is 15.0. The highest BCUT2D eigenvalue weighted by Crippen LogP contribution is 2.25. The van der Waals surface area contributed by atoms with Crippen LogP contribution in [0, 0.1) is 5.82 Å². The van der Waals surface area contributed by atoms with Crippen molar-refractivity contribution >= 4 is 27.7 Å². The lowest BCUT2D eigenvalue weighted by Crippen LogP contribution is -2.64. The Bertz CT molecular complexity index is 564. The second kappa shape index (κ2) is 5.52. The minimum absolute atomic E-state index is 0.00260. The molecule has 0 bridgehead atoms. The van der Waals surface area contributed by atoms with Gasteiger partial charge in [0.25, 0.3) is 0 Å². The average Bonchev–Trinajstić information content (AvgIpc) is 2.40. The van der Waals surface area contributed by atoms with E-state index in [9.17, 15) is 14.0 Å². The molecule has 1 unspecified atom stereocenters. The zero-order valence-electron chi connectivity index (χ0n) is 11.4. The van der Waals surface area contributed by atoms with Gasteiger partial charge in [-0.3, -0.25) is 9.59 Å². The number of hydrogen-bond acceptors (Lipinski definition) is 2. The van der Waals surface area contributed by atoms with Gasteiger partial charge in [0.2, 0.25) is 11.8 Å². The second-order valence-electron chi connectivity index (χ2n) is 5.11. The van der Waals surface area contributed by atoms with Crippen LogP contribution in [0.4, 0.5) is 4.39 Å². The van der Waals surface area contributed by atoms with E-state index in [0.29, 0.717) is 16.5 Å². The molecule has 0 radical (unpaired) electrons. The minimum atomic E-state index is -0.880. The molecule has 1 aromatic carbocycles. The third kappa shape index (κ3) is 2.70. The predicted octanol–water partition coefficient (Wildman–Crippen LogP) is 2.22. The lowest BCUT2D eigenvalue weighted by Gasteiger charge is -2.39. The van der Waals surface area contributed by atoms with Crippen molar-refractivity contribution in [3.63, 3.8) is 0 Å². The van der Waals surface area contributed by atoms with Crippen LogP contribution in [0.5, 0.6) is 0 Å². The maximum atomic E-state index is 13.5. The van der Waals surface area contributed by atoms with Crippen LogP contribution in [-0.4, -0.2) is 28.8 Å². The van der Waals surface area contributed by atoms with Crippen LogP contribution in [0.3, 0.4) is 0 Å². The lowest BCUT2D eigenvalue weighted by molar-refractivity contribution is -0.149. The summed E-state index contributed by atoms with van der Waals surface area (Å²) in [4.78, 5) is 25.6. The van der Waals surface area contributed by atoms with E-state index in [1.165, 1.54) is 11.0 Å². The number of halogens is 2. The second-order valence-corrected chi connectivity index (χ2v) is 5.90. The van der Waals surface area contributed by atoms with Gasteiger partial charge >= 0.3 is 0 Å². The lowest BCUT2D eigenvalue weighted by atomic mass is 9.94. The van der Waals surface area contributed by atoms with Crippen molar-refractivity contribution in [2.24, 2.45) is 0 Å². The Morgan fingerprint density at radius 1 is 1.45 bits per heavy atom. The van der Waals surface area contributed by atoms with Gasteiger partial charge in [0.1, 0.15) is 11.4 Å². The normalized spacial score (nSPS) is 22.9. The van der Waals surface area contributed by atoms with Gasteiger partial charge in [0, 0.05) is 6.54 Å². The molecule has 108 valence electrons. The van der Waals surface area contributed by atoms with Crippen LogP contribution >= 0.6 is 15.9 Å². The van der Waals surface area contributed by atoms with Crippen molar-refractivity contribution < 1.29 is 14.0 Å². The largest absolute Gasteiger partial charge is 0.340 e. The molecule has 0 spiro atoms. The third-order valence-electron chi connectivity index (χ3n) is 3.61. The maximum absolute atomic E-state index is 13.5. The van der Waals surface area contributed by atoms with Crippen molar-refractivity contribution in [1.82, 2.24) is 10.2 Å². The summed E-state index contributed by atoms with van der Waals surface area (Å²) >= 11 is 3.17. The van der Waals surface area contributed by atoms with Crippen LogP contribution in [0.15, 0.2) is 22.7 Å². The molecular formula is C14H16BrFN2O2. The molecule has 1 fully saturated rings. The Balaban J connectivity index is 2.26. The summed E-state index contributed by atoms with van der Waals surface area (Å²) in [6.07, 6.45) is 0.512. The molecule has 0 saturated carbocycles. The fourth-order valence-electron chi connectivity index (χ4n) is 2.24. The van der Waals surface area contributed by atoms with Crippen molar-refractivity contribution in [2.75, 3.05) is 6.54 Å². The number of benzene rings is 1. The number of amides is 2. The Hall–Kier alpha value is -1.43. The summed E-state index contributed by atoms with van der Waals surface area (Å²) in [5.41, 5.74) is -0.235. The minimum Gasteiger partial charge on any atom is -0.340 e. The Morgan fingerprint density at radius 3 is 2.80 bits per heavy atom. The predicted molar refractivity (Wildman–Crippen MR) is 76.4 cm³/mol. The zero-order valence-corrected chi connectivity index (χ0v) is 13.0. The molecule has 2 rings (SSSR count). The molecule has 1 aliphatic rings. The maximum Gasteiger partial charge on any atom is 0.248 e. The van der Waals surface area contributed by atoms with E-state index in [4.69, 9.17) is 0 Å². The average molecular weight is 343 g/mol. The van der Waals surface area contributed by atoms with Crippen LogP contribution < -0.4 is 5.32 Å². The van der Waals surface area contributed by atoms with Gasteiger partial charge in [0.05, 0.1) is 11.0 Å². The molecule has 20 heavy (non-hydrogen) atoms. The van der Waals surface area contributed by atoms with Gasteiger partial charge in [-0.2, -0.15) is 0 Å². The van der Waals surface area contributed by atoms with E-state index in [1.54, 1.807) is 19.1 Å². The Kier molecular flexibility index (Phi) is 4.13. The van der Waals surface area contributed by atoms with E-state index in [1.807, 2.05) is 6.92 Å². The van der Waals surface area contributed by atoms with Crippen molar-refractivity contribution in [3.05, 3.63) is 34.1 Å². The molecule has 2 amide bonds. The number of carbonyl (C=O) groups is 2. The fourth-order valence-corrected chi connectivity index (χ4v) is 2.63. The highest BCUT2D eigenvalue weighted by Gasteiger charge is 2.41. The molecule has 0 aromatic heterocycles. The van der Waals surface area contributed by atoms with E-state index >= 15 is 0 Å². The van der Waals surface area contributed by atoms with Gasteiger partial charge in [-0.05, 0) is 40.9 Å². The fraction of sp³-hybridized carbons (Fsp3) is 0.429. The van der Waals surface area contributed by atoms with E-state index in [0.717, 1.165) is 0 Å². The van der Waals surface area contributed by atoms with E-state index in [-0.39, 0.29) is 30.7 Å². The molecular weight excluding hydrogens is 327 g/mol.